The molecule has 6 nitrogen and oxygen atoms in total. The van der Waals surface area contributed by atoms with E-state index < -0.39 is 17.7 Å². The van der Waals surface area contributed by atoms with E-state index in [0.717, 1.165) is 46.3 Å². The van der Waals surface area contributed by atoms with E-state index in [4.69, 9.17) is 14.2 Å². The van der Waals surface area contributed by atoms with Crippen LogP contribution in [0.15, 0.2) is 4.52 Å². The number of pyridine rings is 1. The number of nitrogens with zero attached hydrogens (tertiary/aromatic N) is 2. The first-order chi connectivity index (χ1) is 14.1. The minimum atomic E-state index is -1.13. The summed E-state index contributed by atoms with van der Waals surface area (Å²) >= 11 is 1.73. The fourth-order valence-corrected chi connectivity index (χ4v) is 5.74. The van der Waals surface area contributed by atoms with E-state index >= 15 is 0 Å². The van der Waals surface area contributed by atoms with E-state index in [-0.39, 0.29) is 0 Å². The summed E-state index contributed by atoms with van der Waals surface area (Å²) in [6.07, 6.45) is 3.20. The summed E-state index contributed by atoms with van der Waals surface area (Å²) in [7, 11) is 0. The van der Waals surface area contributed by atoms with Gasteiger partial charge in [0, 0.05) is 32.6 Å². The molecule has 0 bridgehead atoms. The lowest BCUT2D eigenvalue weighted by Gasteiger charge is -2.28. The second kappa shape index (κ2) is 7.46. The van der Waals surface area contributed by atoms with Crippen LogP contribution in [0.1, 0.15) is 72.9 Å². The number of rotatable bonds is 4. The van der Waals surface area contributed by atoms with Crippen molar-refractivity contribution in [2.24, 2.45) is 0 Å². The number of hydrogen-bond acceptors (Lipinski definition) is 6. The van der Waals surface area contributed by atoms with Crippen molar-refractivity contribution in [1.82, 2.24) is 10.1 Å². The summed E-state index contributed by atoms with van der Waals surface area (Å²) in [5.74, 6) is -0.345. The summed E-state index contributed by atoms with van der Waals surface area (Å²) in [5.41, 5.74) is 4.41. The van der Waals surface area contributed by atoms with Gasteiger partial charge in [0.15, 0.2) is 6.10 Å². The quantitative estimate of drug-likeness (QED) is 0.574. The fourth-order valence-electron chi connectivity index (χ4n) is 4.42. The molecule has 0 unspecified atom stereocenters. The van der Waals surface area contributed by atoms with Crippen molar-refractivity contribution >= 4 is 27.5 Å². The van der Waals surface area contributed by atoms with Crippen LogP contribution in [0.2, 0.25) is 0 Å². The van der Waals surface area contributed by atoms with Gasteiger partial charge in [0.05, 0.1) is 11.3 Å². The number of aryl methyl sites for hydroxylation is 5. The van der Waals surface area contributed by atoms with Crippen LogP contribution in [0.25, 0.3) is 21.3 Å². The van der Waals surface area contributed by atoms with Gasteiger partial charge in [0.25, 0.3) is 0 Å². The normalized spacial score (nSPS) is 15.4. The third-order valence-corrected chi connectivity index (χ3v) is 6.76. The molecule has 160 valence electrons. The van der Waals surface area contributed by atoms with Gasteiger partial charge in [0.1, 0.15) is 10.6 Å². The molecular weight excluding hydrogens is 400 g/mol. The Labute approximate surface area is 180 Å². The number of carbonyl (C=O) groups is 1. The zero-order valence-corrected chi connectivity index (χ0v) is 19.2. The van der Waals surface area contributed by atoms with Gasteiger partial charge < -0.3 is 14.4 Å². The van der Waals surface area contributed by atoms with E-state index in [9.17, 15) is 9.90 Å². The largest absolute Gasteiger partial charge is 0.479 e. The zero-order chi connectivity index (χ0) is 21.8. The molecule has 0 spiro atoms. The number of aliphatic carboxylic acids is 1. The predicted molar refractivity (Wildman–Crippen MR) is 117 cm³/mol. The van der Waals surface area contributed by atoms with E-state index in [0.29, 0.717) is 17.0 Å². The Hall–Kier alpha value is -2.25. The highest BCUT2D eigenvalue weighted by Crippen LogP contribution is 2.47. The molecule has 0 aromatic carbocycles. The Balaban J connectivity index is 2.13. The van der Waals surface area contributed by atoms with Crippen molar-refractivity contribution in [3.63, 3.8) is 0 Å². The van der Waals surface area contributed by atoms with E-state index in [1.54, 1.807) is 11.3 Å². The Kier molecular flexibility index (Phi) is 5.22. The van der Waals surface area contributed by atoms with Crippen LogP contribution in [0.4, 0.5) is 0 Å². The van der Waals surface area contributed by atoms with E-state index in [1.165, 1.54) is 16.9 Å². The molecule has 0 fully saturated rings. The minimum absolute atomic E-state index is 0.602. The summed E-state index contributed by atoms with van der Waals surface area (Å²) in [6, 6.07) is 0. The van der Waals surface area contributed by atoms with Gasteiger partial charge in [-0.15, -0.1) is 11.3 Å². The average Bonchev–Trinajstić information content (AvgIpc) is 3.17. The molecule has 3 aromatic heterocycles. The highest BCUT2D eigenvalue weighted by molar-refractivity contribution is 7.19. The molecule has 0 saturated carbocycles. The standard InChI is InChI=1S/C23H28N2O4S/c1-11-17(20(22(26)27)28-23(4,5)6)19(16-12(2)25-29-13(16)3)18-14-9-7-8-10-15(14)30-21(18)24-11/h20H,7-10H2,1-6H3,(H,26,27)/t20-/m0/s1. The van der Waals surface area contributed by atoms with Gasteiger partial charge >= 0.3 is 5.97 Å². The molecule has 0 amide bonds. The van der Waals surface area contributed by atoms with Crippen molar-refractivity contribution in [1.29, 1.82) is 0 Å². The van der Waals surface area contributed by atoms with Gasteiger partial charge in [-0.3, -0.25) is 0 Å². The number of ether oxygens (including phenoxy) is 1. The number of carboxylic acid groups (broad SMARTS) is 1. The maximum Gasteiger partial charge on any atom is 0.337 e. The molecule has 1 aliphatic carbocycles. The van der Waals surface area contributed by atoms with Gasteiger partial charge in [-0.05, 0) is 72.8 Å². The molecule has 3 aromatic rings. The summed E-state index contributed by atoms with van der Waals surface area (Å²) < 4.78 is 11.6. The van der Waals surface area contributed by atoms with Gasteiger partial charge in [-0.2, -0.15) is 0 Å². The molecule has 7 heteroatoms. The molecule has 0 saturated heterocycles. The number of hydrogen-bond donors (Lipinski definition) is 1. The highest BCUT2D eigenvalue weighted by Gasteiger charge is 2.35. The molecule has 1 atom stereocenters. The van der Waals surface area contributed by atoms with Crippen molar-refractivity contribution in [3.05, 3.63) is 33.2 Å². The fraction of sp³-hybridized carbons (Fsp3) is 0.522. The summed E-state index contributed by atoms with van der Waals surface area (Å²) in [4.78, 5) is 19.6. The van der Waals surface area contributed by atoms with Gasteiger partial charge in [-0.25, -0.2) is 9.78 Å². The second-order valence-electron chi connectivity index (χ2n) is 9.02. The summed E-state index contributed by atoms with van der Waals surface area (Å²) in [6.45, 7) is 11.2. The van der Waals surface area contributed by atoms with Crippen molar-refractivity contribution in [2.45, 2.75) is 78.9 Å². The molecular formula is C23H28N2O4S. The van der Waals surface area contributed by atoms with Crippen LogP contribution in [-0.2, 0) is 22.4 Å². The Morgan fingerprint density at radius 3 is 2.43 bits per heavy atom. The molecule has 0 aliphatic heterocycles. The lowest BCUT2D eigenvalue weighted by atomic mass is 9.87. The number of carboxylic acids is 1. The van der Waals surface area contributed by atoms with Crippen LogP contribution in [0.5, 0.6) is 0 Å². The molecule has 4 rings (SSSR count). The number of aromatic nitrogens is 2. The van der Waals surface area contributed by atoms with Crippen molar-refractivity contribution in [2.75, 3.05) is 0 Å². The third-order valence-electron chi connectivity index (χ3n) is 5.57. The first-order valence-corrected chi connectivity index (χ1v) is 11.2. The minimum Gasteiger partial charge on any atom is -0.479 e. The highest BCUT2D eigenvalue weighted by atomic mass is 32.1. The zero-order valence-electron chi connectivity index (χ0n) is 18.4. The molecule has 0 radical (unpaired) electrons. The first-order valence-electron chi connectivity index (χ1n) is 10.4. The smallest absolute Gasteiger partial charge is 0.337 e. The molecule has 30 heavy (non-hydrogen) atoms. The average molecular weight is 429 g/mol. The topological polar surface area (TPSA) is 85.5 Å². The predicted octanol–water partition coefficient (Wildman–Crippen LogP) is 5.70. The van der Waals surface area contributed by atoms with E-state index in [1.807, 2.05) is 41.5 Å². The Morgan fingerprint density at radius 1 is 1.13 bits per heavy atom. The van der Waals surface area contributed by atoms with Gasteiger partial charge in [-0.1, -0.05) is 5.16 Å². The second-order valence-corrected chi connectivity index (χ2v) is 10.1. The van der Waals surface area contributed by atoms with E-state index in [2.05, 4.69) is 5.16 Å². The van der Waals surface area contributed by atoms with Crippen LogP contribution in [0, 0.1) is 20.8 Å². The molecule has 1 N–H and O–H groups in total. The lowest BCUT2D eigenvalue weighted by Crippen LogP contribution is -2.28. The SMILES string of the molecule is Cc1noc(C)c1-c1c([C@H](OC(C)(C)C)C(=O)O)c(C)nc2sc3c(c12)CCCC3. The van der Waals surface area contributed by atoms with Crippen molar-refractivity contribution < 1.29 is 19.2 Å². The van der Waals surface area contributed by atoms with Gasteiger partial charge in [0.2, 0.25) is 0 Å². The number of fused-ring (bicyclic) bond motifs is 3. The van der Waals surface area contributed by atoms with Crippen LogP contribution >= 0.6 is 11.3 Å². The summed E-state index contributed by atoms with van der Waals surface area (Å²) in [5, 5.41) is 15.4. The molecule has 3 heterocycles. The first kappa shape index (κ1) is 21.0. The molecule has 1 aliphatic rings. The lowest BCUT2D eigenvalue weighted by molar-refractivity contribution is -0.160. The maximum absolute atomic E-state index is 12.4. The monoisotopic (exact) mass is 428 g/mol. The Bertz CT molecular complexity index is 1120. The Morgan fingerprint density at radius 2 is 1.83 bits per heavy atom. The van der Waals surface area contributed by atoms with Crippen LogP contribution in [0.3, 0.4) is 0 Å². The van der Waals surface area contributed by atoms with Crippen LogP contribution < -0.4 is 0 Å². The number of thiophene rings is 1. The van der Waals surface area contributed by atoms with Crippen LogP contribution in [-0.4, -0.2) is 26.8 Å². The maximum atomic E-state index is 12.4. The third kappa shape index (κ3) is 3.54. The van der Waals surface area contributed by atoms with Crippen molar-refractivity contribution in [3.8, 4) is 11.1 Å².